The Hall–Kier alpha value is -3.11. The van der Waals surface area contributed by atoms with Crippen molar-refractivity contribution in [2.45, 2.75) is 31.3 Å². The van der Waals surface area contributed by atoms with Gasteiger partial charge in [0.1, 0.15) is 4.90 Å². The number of esters is 1. The predicted molar refractivity (Wildman–Crippen MR) is 118 cm³/mol. The molecule has 2 aromatic carbocycles. The molecule has 1 aliphatic rings. The lowest BCUT2D eigenvalue weighted by atomic mass is 10.1. The van der Waals surface area contributed by atoms with Crippen molar-refractivity contribution in [3.63, 3.8) is 0 Å². The van der Waals surface area contributed by atoms with Crippen LogP contribution in [0.5, 0.6) is 0 Å². The molecule has 0 bridgehead atoms. The lowest BCUT2D eigenvalue weighted by Gasteiger charge is -2.22. The maximum absolute atomic E-state index is 13.3. The normalized spacial score (nSPS) is 14.1. The van der Waals surface area contributed by atoms with Gasteiger partial charge in [-0.3, -0.25) is 14.4 Å². The molecule has 3 amide bonds. The molecule has 0 aliphatic carbocycles. The molecule has 1 heterocycles. The maximum atomic E-state index is 13.3. The molecule has 32 heavy (non-hydrogen) atoms. The van der Waals surface area contributed by atoms with Crippen molar-refractivity contribution in [3.05, 3.63) is 58.6 Å². The van der Waals surface area contributed by atoms with Crippen LogP contribution in [0.15, 0.2) is 47.4 Å². The number of hydrogen-bond acceptors (Lipinski definition) is 6. The Balaban J connectivity index is 1.91. The molecular weight excluding hydrogens is 458 g/mol. The van der Waals surface area contributed by atoms with Crippen LogP contribution >= 0.6 is 11.6 Å². The molecule has 0 saturated carbocycles. The molecule has 0 radical (unpaired) electrons. The number of fused-ring (bicyclic) bond motifs is 1. The first-order valence-electron chi connectivity index (χ1n) is 9.74. The Kier molecular flexibility index (Phi) is 6.75. The van der Waals surface area contributed by atoms with Crippen molar-refractivity contribution in [2.24, 2.45) is 11.7 Å². The number of carbonyl (C=O) groups is 3. The Labute approximate surface area is 190 Å². The van der Waals surface area contributed by atoms with Gasteiger partial charge in [0.15, 0.2) is 6.10 Å². The van der Waals surface area contributed by atoms with E-state index in [1.807, 2.05) is 17.4 Å². The Morgan fingerprint density at radius 3 is 2.50 bits per heavy atom. The number of benzene rings is 2. The SMILES string of the molecule is CC(C)C(OC(=O)c1ccc(Cl)c(S(=O)(=O)N2CCc3ccccc32)c1)C(=O)NC(N)=O. The second-order valence-corrected chi connectivity index (χ2v) is 9.76. The number of halogens is 1. The second-order valence-electron chi connectivity index (χ2n) is 7.52. The lowest BCUT2D eigenvalue weighted by Crippen LogP contribution is -2.45. The van der Waals surface area contributed by atoms with E-state index < -0.39 is 40.0 Å². The molecule has 1 aliphatic heterocycles. The minimum absolute atomic E-state index is 0.0576. The van der Waals surface area contributed by atoms with E-state index in [-0.39, 0.29) is 22.0 Å². The molecule has 0 spiro atoms. The van der Waals surface area contributed by atoms with Gasteiger partial charge in [0.25, 0.3) is 15.9 Å². The van der Waals surface area contributed by atoms with Crippen molar-refractivity contribution in [1.82, 2.24) is 5.32 Å². The van der Waals surface area contributed by atoms with Crippen LogP contribution in [-0.2, 0) is 26.0 Å². The first kappa shape index (κ1) is 23.6. The number of sulfonamides is 1. The van der Waals surface area contributed by atoms with E-state index in [0.717, 1.165) is 11.6 Å². The average Bonchev–Trinajstić information content (AvgIpc) is 3.16. The topological polar surface area (TPSA) is 136 Å². The summed E-state index contributed by atoms with van der Waals surface area (Å²) in [6.45, 7) is 3.47. The number of carbonyl (C=O) groups excluding carboxylic acids is 3. The molecule has 3 N–H and O–H groups in total. The number of nitrogens with two attached hydrogens (primary N) is 1. The largest absolute Gasteiger partial charge is 0.448 e. The summed E-state index contributed by atoms with van der Waals surface area (Å²) in [5.74, 6) is -2.30. The highest BCUT2D eigenvalue weighted by molar-refractivity contribution is 7.93. The number of rotatable bonds is 6. The number of amides is 3. The van der Waals surface area contributed by atoms with Gasteiger partial charge < -0.3 is 10.5 Å². The highest BCUT2D eigenvalue weighted by atomic mass is 35.5. The average molecular weight is 480 g/mol. The standard InChI is InChI=1S/C21H22ClN3O6S/c1-12(2)18(19(26)24-21(23)28)31-20(27)14-7-8-15(22)17(11-14)32(29,30)25-10-9-13-5-3-4-6-16(13)25/h3-8,11-12,18H,9-10H2,1-2H3,(H3,23,24,26,28). The number of nitrogens with one attached hydrogen (secondary N) is 1. The Morgan fingerprint density at radius 1 is 1.16 bits per heavy atom. The van der Waals surface area contributed by atoms with Gasteiger partial charge in [-0.05, 0) is 42.2 Å². The van der Waals surface area contributed by atoms with Crippen LogP contribution in [0.4, 0.5) is 10.5 Å². The number of anilines is 1. The molecule has 2 aromatic rings. The monoisotopic (exact) mass is 479 g/mol. The fraction of sp³-hybridized carbons (Fsp3) is 0.286. The molecule has 0 saturated heterocycles. The van der Waals surface area contributed by atoms with Crippen LogP contribution in [0, 0.1) is 5.92 Å². The maximum Gasteiger partial charge on any atom is 0.338 e. The highest BCUT2D eigenvalue weighted by Crippen LogP contribution is 2.35. The Morgan fingerprint density at radius 2 is 1.84 bits per heavy atom. The van der Waals surface area contributed by atoms with Crippen LogP contribution < -0.4 is 15.4 Å². The van der Waals surface area contributed by atoms with Crippen LogP contribution in [0.3, 0.4) is 0 Å². The van der Waals surface area contributed by atoms with Gasteiger partial charge in [0, 0.05) is 6.54 Å². The number of urea groups is 1. The number of nitrogens with zero attached hydrogens (tertiary/aromatic N) is 1. The molecule has 9 nitrogen and oxygen atoms in total. The quantitative estimate of drug-likeness (QED) is 0.611. The highest BCUT2D eigenvalue weighted by Gasteiger charge is 2.33. The first-order chi connectivity index (χ1) is 15.0. The van der Waals surface area contributed by atoms with Gasteiger partial charge in [0.05, 0.1) is 16.3 Å². The molecule has 0 aromatic heterocycles. The lowest BCUT2D eigenvalue weighted by molar-refractivity contribution is -0.130. The number of para-hydroxylation sites is 1. The zero-order chi connectivity index (χ0) is 23.6. The molecule has 0 fully saturated rings. The predicted octanol–water partition coefficient (Wildman–Crippen LogP) is 2.47. The third-order valence-electron chi connectivity index (χ3n) is 4.92. The number of imide groups is 1. The van der Waals surface area contributed by atoms with E-state index in [9.17, 15) is 22.8 Å². The fourth-order valence-corrected chi connectivity index (χ4v) is 5.38. The zero-order valence-corrected chi connectivity index (χ0v) is 18.9. The van der Waals surface area contributed by atoms with Gasteiger partial charge in [-0.25, -0.2) is 18.0 Å². The van der Waals surface area contributed by atoms with Crippen molar-refractivity contribution in [1.29, 1.82) is 0 Å². The Bertz CT molecular complexity index is 1180. The van der Waals surface area contributed by atoms with E-state index in [4.69, 9.17) is 22.1 Å². The van der Waals surface area contributed by atoms with E-state index >= 15 is 0 Å². The smallest absolute Gasteiger partial charge is 0.338 e. The van der Waals surface area contributed by atoms with E-state index in [0.29, 0.717) is 12.1 Å². The van der Waals surface area contributed by atoms with Crippen LogP contribution in [-0.4, -0.2) is 39.0 Å². The fourth-order valence-electron chi connectivity index (χ4n) is 3.37. The van der Waals surface area contributed by atoms with Gasteiger partial charge in [-0.2, -0.15) is 0 Å². The van der Waals surface area contributed by atoms with Gasteiger partial charge in [-0.15, -0.1) is 0 Å². The van der Waals surface area contributed by atoms with Crippen molar-refractivity contribution >= 4 is 45.2 Å². The molecule has 170 valence electrons. The summed E-state index contributed by atoms with van der Waals surface area (Å²) in [5.41, 5.74) is 6.29. The molecule has 11 heteroatoms. The number of ether oxygens (including phenoxy) is 1. The van der Waals surface area contributed by atoms with Gasteiger partial charge in [0.2, 0.25) is 0 Å². The number of primary amides is 1. The molecule has 3 rings (SSSR count). The number of hydrogen-bond donors (Lipinski definition) is 2. The summed E-state index contributed by atoms with van der Waals surface area (Å²) in [4.78, 5) is 35.5. The first-order valence-corrected chi connectivity index (χ1v) is 11.6. The molecule has 1 atom stereocenters. The summed E-state index contributed by atoms with van der Waals surface area (Å²) in [5, 5.41) is 1.81. The van der Waals surface area contributed by atoms with E-state index in [1.165, 1.54) is 16.4 Å². The second kappa shape index (κ2) is 9.17. The summed E-state index contributed by atoms with van der Waals surface area (Å²) in [6, 6.07) is 9.74. The summed E-state index contributed by atoms with van der Waals surface area (Å²) in [6.07, 6.45) is -0.754. The van der Waals surface area contributed by atoms with Crippen LogP contribution in [0.25, 0.3) is 0 Å². The summed E-state index contributed by atoms with van der Waals surface area (Å²) < 4.78 is 33.1. The van der Waals surface area contributed by atoms with Crippen LogP contribution in [0.1, 0.15) is 29.8 Å². The zero-order valence-electron chi connectivity index (χ0n) is 17.4. The minimum Gasteiger partial charge on any atom is -0.448 e. The van der Waals surface area contributed by atoms with Crippen molar-refractivity contribution in [2.75, 3.05) is 10.8 Å². The van der Waals surface area contributed by atoms with Crippen molar-refractivity contribution < 1.29 is 27.5 Å². The summed E-state index contributed by atoms with van der Waals surface area (Å²) in [7, 11) is -4.06. The minimum atomic E-state index is -4.06. The molecular formula is C21H22ClN3O6S. The third-order valence-corrected chi connectivity index (χ3v) is 7.22. The third kappa shape index (κ3) is 4.71. The van der Waals surface area contributed by atoms with Crippen LogP contribution in [0.2, 0.25) is 5.02 Å². The van der Waals surface area contributed by atoms with Gasteiger partial charge in [-0.1, -0.05) is 43.6 Å². The van der Waals surface area contributed by atoms with Gasteiger partial charge >= 0.3 is 12.0 Å². The summed E-state index contributed by atoms with van der Waals surface area (Å²) >= 11 is 6.18. The molecule has 1 unspecified atom stereocenters. The van der Waals surface area contributed by atoms with E-state index in [2.05, 4.69) is 0 Å². The van der Waals surface area contributed by atoms with E-state index in [1.54, 1.807) is 26.0 Å². The van der Waals surface area contributed by atoms with Crippen molar-refractivity contribution in [3.8, 4) is 0 Å².